The molecule has 1 aliphatic heterocycles. The first kappa shape index (κ1) is 11.6. The van der Waals surface area contributed by atoms with Crippen molar-refractivity contribution in [3.63, 3.8) is 0 Å². The molecule has 0 amide bonds. The van der Waals surface area contributed by atoms with Crippen molar-refractivity contribution in [2.75, 3.05) is 26.9 Å². The first-order valence-corrected chi connectivity index (χ1v) is 4.95. The van der Waals surface area contributed by atoms with Crippen molar-refractivity contribution < 1.29 is 19.0 Å². The quantitative estimate of drug-likeness (QED) is 0.670. The van der Waals surface area contributed by atoms with Gasteiger partial charge in [-0.2, -0.15) is 0 Å². The first-order chi connectivity index (χ1) is 6.66. The number of hydrogen-bond acceptors (Lipinski definition) is 4. The largest absolute Gasteiger partial charge is 0.377 e. The van der Waals surface area contributed by atoms with Gasteiger partial charge in [-0.3, -0.25) is 4.79 Å². The number of rotatable bonds is 5. The van der Waals surface area contributed by atoms with Crippen LogP contribution in [0.25, 0.3) is 0 Å². The van der Waals surface area contributed by atoms with Crippen LogP contribution in [0.4, 0.5) is 0 Å². The number of methoxy groups -OCH3 is 1. The molecule has 0 N–H and O–H groups in total. The Morgan fingerprint density at radius 2 is 2.07 bits per heavy atom. The van der Waals surface area contributed by atoms with E-state index in [0.717, 1.165) is 19.6 Å². The molecule has 14 heavy (non-hydrogen) atoms. The van der Waals surface area contributed by atoms with Gasteiger partial charge in [0.05, 0.1) is 13.2 Å². The van der Waals surface area contributed by atoms with E-state index in [1.54, 1.807) is 0 Å². The highest BCUT2D eigenvalue weighted by Crippen LogP contribution is 2.23. The molecule has 0 spiro atoms. The fourth-order valence-electron chi connectivity index (χ4n) is 1.42. The Morgan fingerprint density at radius 1 is 1.43 bits per heavy atom. The highest BCUT2D eigenvalue weighted by Gasteiger charge is 2.29. The molecule has 0 aromatic heterocycles. The van der Waals surface area contributed by atoms with Crippen molar-refractivity contribution in [1.82, 2.24) is 0 Å². The van der Waals surface area contributed by atoms with Crippen LogP contribution in [0.5, 0.6) is 0 Å². The standard InChI is InChI=1S/C10H18O4/c1-10(13-6-3-7-14-10)5-4-9(11)8-12-2/h3-8H2,1-2H3. The number of ketones is 1. The monoisotopic (exact) mass is 202 g/mol. The molecule has 82 valence electrons. The fraction of sp³-hybridized carbons (Fsp3) is 0.900. The van der Waals surface area contributed by atoms with Crippen LogP contribution < -0.4 is 0 Å². The van der Waals surface area contributed by atoms with Gasteiger partial charge in [0.15, 0.2) is 11.6 Å². The lowest BCUT2D eigenvalue weighted by molar-refractivity contribution is -0.258. The maximum absolute atomic E-state index is 11.2. The van der Waals surface area contributed by atoms with Crippen LogP contribution >= 0.6 is 0 Å². The predicted molar refractivity (Wildman–Crippen MR) is 51.0 cm³/mol. The number of ether oxygens (including phenoxy) is 3. The lowest BCUT2D eigenvalue weighted by Crippen LogP contribution is -2.38. The molecule has 0 bridgehead atoms. The predicted octanol–water partition coefficient (Wildman–Crippen LogP) is 1.14. The molecule has 1 saturated heterocycles. The molecule has 0 saturated carbocycles. The molecule has 0 aliphatic carbocycles. The fourth-order valence-corrected chi connectivity index (χ4v) is 1.42. The number of carbonyl (C=O) groups excluding carboxylic acids is 1. The average molecular weight is 202 g/mol. The lowest BCUT2D eigenvalue weighted by atomic mass is 10.1. The van der Waals surface area contributed by atoms with E-state index < -0.39 is 5.79 Å². The summed E-state index contributed by atoms with van der Waals surface area (Å²) in [6.07, 6.45) is 1.99. The summed E-state index contributed by atoms with van der Waals surface area (Å²) in [5, 5.41) is 0. The zero-order valence-corrected chi connectivity index (χ0v) is 8.88. The molecule has 0 aromatic carbocycles. The Morgan fingerprint density at radius 3 is 2.64 bits per heavy atom. The Balaban J connectivity index is 2.24. The van der Waals surface area contributed by atoms with E-state index in [2.05, 4.69) is 0 Å². The Labute approximate surface area is 84.5 Å². The summed E-state index contributed by atoms with van der Waals surface area (Å²) in [4.78, 5) is 11.2. The van der Waals surface area contributed by atoms with Crippen molar-refractivity contribution in [3.8, 4) is 0 Å². The lowest BCUT2D eigenvalue weighted by Gasteiger charge is -2.33. The maximum Gasteiger partial charge on any atom is 0.165 e. The number of carbonyl (C=O) groups is 1. The third-order valence-electron chi connectivity index (χ3n) is 2.27. The third kappa shape index (κ3) is 3.74. The van der Waals surface area contributed by atoms with Gasteiger partial charge in [0.2, 0.25) is 0 Å². The molecule has 0 unspecified atom stereocenters. The van der Waals surface area contributed by atoms with Crippen LogP contribution in [0.2, 0.25) is 0 Å². The molecule has 4 heteroatoms. The minimum atomic E-state index is -0.568. The summed E-state index contributed by atoms with van der Waals surface area (Å²) < 4.78 is 15.7. The van der Waals surface area contributed by atoms with Gasteiger partial charge in [-0.05, 0) is 13.3 Å². The molecule has 0 aromatic rings. The summed E-state index contributed by atoms with van der Waals surface area (Å²) in [6, 6.07) is 0. The molecule has 1 fully saturated rings. The van der Waals surface area contributed by atoms with Gasteiger partial charge in [0, 0.05) is 20.0 Å². The summed E-state index contributed by atoms with van der Waals surface area (Å²) in [5.41, 5.74) is 0. The van der Waals surface area contributed by atoms with Crippen LogP contribution in [-0.2, 0) is 19.0 Å². The second kappa shape index (κ2) is 5.44. The number of Topliss-reactive ketones (excluding diaryl/α,β-unsaturated/α-hetero) is 1. The van der Waals surface area contributed by atoms with Crippen molar-refractivity contribution in [3.05, 3.63) is 0 Å². The third-order valence-corrected chi connectivity index (χ3v) is 2.27. The van der Waals surface area contributed by atoms with Gasteiger partial charge in [0.1, 0.15) is 6.61 Å². The first-order valence-electron chi connectivity index (χ1n) is 4.95. The van der Waals surface area contributed by atoms with Gasteiger partial charge >= 0.3 is 0 Å². The second-order valence-electron chi connectivity index (χ2n) is 3.66. The zero-order chi connectivity index (χ0) is 10.4. The second-order valence-corrected chi connectivity index (χ2v) is 3.66. The summed E-state index contributed by atoms with van der Waals surface area (Å²) in [7, 11) is 1.52. The number of hydrogen-bond donors (Lipinski definition) is 0. The van der Waals surface area contributed by atoms with E-state index in [9.17, 15) is 4.79 Å². The molecule has 4 nitrogen and oxygen atoms in total. The normalized spacial score (nSPS) is 20.7. The van der Waals surface area contributed by atoms with Crippen LogP contribution in [0.15, 0.2) is 0 Å². The average Bonchev–Trinajstić information content (AvgIpc) is 2.17. The topological polar surface area (TPSA) is 44.8 Å². The maximum atomic E-state index is 11.2. The smallest absolute Gasteiger partial charge is 0.165 e. The van der Waals surface area contributed by atoms with E-state index in [-0.39, 0.29) is 12.4 Å². The van der Waals surface area contributed by atoms with Crippen molar-refractivity contribution in [2.24, 2.45) is 0 Å². The van der Waals surface area contributed by atoms with E-state index in [1.807, 2.05) is 6.92 Å². The van der Waals surface area contributed by atoms with Gasteiger partial charge in [-0.25, -0.2) is 0 Å². The minimum absolute atomic E-state index is 0.0894. The van der Waals surface area contributed by atoms with Gasteiger partial charge in [-0.1, -0.05) is 0 Å². The Hall–Kier alpha value is -0.450. The Kier molecular flexibility index (Phi) is 4.51. The molecular formula is C10H18O4. The van der Waals surface area contributed by atoms with E-state index >= 15 is 0 Å². The van der Waals surface area contributed by atoms with Crippen LogP contribution in [0, 0.1) is 0 Å². The van der Waals surface area contributed by atoms with Gasteiger partial charge < -0.3 is 14.2 Å². The van der Waals surface area contributed by atoms with E-state index in [1.165, 1.54) is 7.11 Å². The molecule has 1 heterocycles. The minimum Gasteiger partial charge on any atom is -0.377 e. The summed E-state index contributed by atoms with van der Waals surface area (Å²) in [6.45, 7) is 3.49. The van der Waals surface area contributed by atoms with Crippen LogP contribution in [-0.4, -0.2) is 38.5 Å². The van der Waals surface area contributed by atoms with Gasteiger partial charge in [0.25, 0.3) is 0 Å². The molecule has 1 aliphatic rings. The zero-order valence-electron chi connectivity index (χ0n) is 8.88. The van der Waals surface area contributed by atoms with Crippen molar-refractivity contribution >= 4 is 5.78 Å². The Bertz CT molecular complexity index is 185. The van der Waals surface area contributed by atoms with Crippen molar-refractivity contribution in [2.45, 2.75) is 32.0 Å². The molecule has 0 atom stereocenters. The van der Waals surface area contributed by atoms with Gasteiger partial charge in [-0.15, -0.1) is 0 Å². The highest BCUT2D eigenvalue weighted by atomic mass is 16.7. The summed E-state index contributed by atoms with van der Waals surface area (Å²) in [5.74, 6) is -0.478. The highest BCUT2D eigenvalue weighted by molar-refractivity contribution is 5.79. The van der Waals surface area contributed by atoms with Crippen LogP contribution in [0.3, 0.4) is 0 Å². The SMILES string of the molecule is COCC(=O)CCC1(C)OCCCO1. The molecular weight excluding hydrogens is 184 g/mol. The molecule has 0 radical (unpaired) electrons. The van der Waals surface area contributed by atoms with Crippen LogP contribution in [0.1, 0.15) is 26.2 Å². The molecule has 1 rings (SSSR count). The van der Waals surface area contributed by atoms with Crippen molar-refractivity contribution in [1.29, 1.82) is 0 Å². The van der Waals surface area contributed by atoms with E-state index in [4.69, 9.17) is 14.2 Å². The summed E-state index contributed by atoms with van der Waals surface area (Å²) >= 11 is 0. The van der Waals surface area contributed by atoms with E-state index in [0.29, 0.717) is 12.8 Å².